The summed E-state index contributed by atoms with van der Waals surface area (Å²) in [6.45, 7) is 1.78. The summed E-state index contributed by atoms with van der Waals surface area (Å²) in [6, 6.07) is 3.77. The summed E-state index contributed by atoms with van der Waals surface area (Å²) in [5.74, 6) is 0.199. The second kappa shape index (κ2) is 4.85. The largest absolute Gasteiger partial charge is 0.467 e. The number of anilines is 1. The van der Waals surface area contributed by atoms with Gasteiger partial charge in [0.25, 0.3) is 5.91 Å². The molecule has 0 unspecified atom stereocenters. The van der Waals surface area contributed by atoms with Gasteiger partial charge in [0.1, 0.15) is 5.82 Å². The molecule has 3 aromatic heterocycles. The van der Waals surface area contributed by atoms with Gasteiger partial charge in [0.05, 0.1) is 12.8 Å². The fraction of sp³-hybridized carbons (Fsp3) is 0.250. The third-order valence-corrected chi connectivity index (χ3v) is 2.83. The van der Waals surface area contributed by atoms with Crippen LogP contribution >= 0.6 is 0 Å². The predicted octanol–water partition coefficient (Wildman–Crippen LogP) is 0.427. The minimum atomic E-state index is -0.442. The van der Waals surface area contributed by atoms with E-state index in [1.165, 1.54) is 11.8 Å². The molecule has 0 saturated carbocycles. The number of rotatable bonds is 3. The van der Waals surface area contributed by atoms with Gasteiger partial charge in [0.15, 0.2) is 5.65 Å². The molecule has 1 amide bonds. The van der Waals surface area contributed by atoms with Crippen LogP contribution in [0.1, 0.15) is 16.4 Å². The van der Waals surface area contributed by atoms with Crippen LogP contribution in [0.4, 0.5) is 5.69 Å². The molecule has 0 aliphatic heterocycles. The molecule has 0 aliphatic rings. The molecule has 0 saturated heterocycles. The minimum absolute atomic E-state index is 0.0209. The molecule has 3 rings (SSSR count). The van der Waals surface area contributed by atoms with Gasteiger partial charge >= 0.3 is 6.01 Å². The maximum absolute atomic E-state index is 12.2. The third kappa shape index (κ3) is 2.29. The van der Waals surface area contributed by atoms with Gasteiger partial charge in [-0.25, -0.2) is 14.2 Å². The maximum Gasteiger partial charge on any atom is 0.314 e. The van der Waals surface area contributed by atoms with E-state index in [9.17, 15) is 4.79 Å². The van der Waals surface area contributed by atoms with Gasteiger partial charge in [0, 0.05) is 13.2 Å². The Bertz CT molecular complexity index is 820. The van der Waals surface area contributed by atoms with Crippen LogP contribution in [-0.4, -0.2) is 42.4 Å². The van der Waals surface area contributed by atoms with Gasteiger partial charge in [-0.15, -0.1) is 5.10 Å². The number of hydrogen-bond donors (Lipinski definition) is 1. The third-order valence-electron chi connectivity index (χ3n) is 2.83. The molecular weight excluding hydrogens is 274 g/mol. The van der Waals surface area contributed by atoms with Gasteiger partial charge in [-0.05, 0) is 19.1 Å². The van der Waals surface area contributed by atoms with E-state index >= 15 is 0 Å². The molecule has 3 heterocycles. The smallest absolute Gasteiger partial charge is 0.314 e. The molecule has 9 heteroatoms. The Hall–Kier alpha value is -2.97. The highest BCUT2D eigenvalue weighted by Gasteiger charge is 2.17. The number of aromatic nitrogens is 6. The Morgan fingerprint density at radius 3 is 2.86 bits per heavy atom. The molecule has 21 heavy (non-hydrogen) atoms. The van der Waals surface area contributed by atoms with Crippen LogP contribution < -0.4 is 10.1 Å². The van der Waals surface area contributed by atoms with Gasteiger partial charge < -0.3 is 10.1 Å². The van der Waals surface area contributed by atoms with E-state index in [-0.39, 0.29) is 11.8 Å². The molecule has 9 nitrogen and oxygen atoms in total. The topological polar surface area (TPSA) is 99.2 Å². The highest BCUT2D eigenvalue weighted by Crippen LogP contribution is 2.15. The lowest BCUT2D eigenvalue weighted by atomic mass is 10.4. The average molecular weight is 287 g/mol. The van der Waals surface area contributed by atoms with E-state index in [2.05, 4.69) is 25.5 Å². The lowest BCUT2D eigenvalue weighted by molar-refractivity contribution is 0.101. The monoisotopic (exact) mass is 287 g/mol. The second-order valence-electron chi connectivity index (χ2n) is 4.35. The summed E-state index contributed by atoms with van der Waals surface area (Å²) in [5, 5.41) is 10.9. The first kappa shape index (κ1) is 13.0. The fourth-order valence-electron chi connectivity index (χ4n) is 1.93. The summed E-state index contributed by atoms with van der Waals surface area (Å²) < 4.78 is 7.96. The quantitative estimate of drug-likeness (QED) is 0.749. The highest BCUT2D eigenvalue weighted by atomic mass is 16.5. The number of aryl methyl sites for hydroxylation is 2. The second-order valence-corrected chi connectivity index (χ2v) is 4.35. The zero-order valence-electron chi connectivity index (χ0n) is 11.7. The van der Waals surface area contributed by atoms with Gasteiger partial charge in [-0.1, -0.05) is 0 Å². The van der Waals surface area contributed by atoms with Gasteiger partial charge in [0.2, 0.25) is 5.82 Å². The Labute approximate surface area is 119 Å². The number of carbonyl (C=O) groups excluding carboxylic acids is 1. The van der Waals surface area contributed by atoms with Crippen molar-refractivity contribution in [1.29, 1.82) is 0 Å². The van der Waals surface area contributed by atoms with Crippen molar-refractivity contribution < 1.29 is 9.53 Å². The van der Waals surface area contributed by atoms with E-state index < -0.39 is 5.91 Å². The number of hydrogen-bond acceptors (Lipinski definition) is 6. The molecule has 0 bridgehead atoms. The number of carbonyl (C=O) groups is 1. The number of methoxy groups -OCH3 is 1. The number of pyridine rings is 1. The van der Waals surface area contributed by atoms with Crippen LogP contribution in [0.25, 0.3) is 5.65 Å². The summed E-state index contributed by atoms with van der Waals surface area (Å²) in [6.07, 6.45) is 1.76. The molecule has 0 aliphatic carbocycles. The molecule has 0 atom stereocenters. The van der Waals surface area contributed by atoms with Crippen molar-refractivity contribution in [3.8, 4) is 6.01 Å². The van der Waals surface area contributed by atoms with Crippen molar-refractivity contribution in [3.63, 3.8) is 0 Å². The minimum Gasteiger partial charge on any atom is -0.467 e. The summed E-state index contributed by atoms with van der Waals surface area (Å²) >= 11 is 0. The Morgan fingerprint density at radius 2 is 2.14 bits per heavy atom. The van der Waals surface area contributed by atoms with Crippen molar-refractivity contribution in [3.05, 3.63) is 30.0 Å². The maximum atomic E-state index is 12.2. The van der Waals surface area contributed by atoms with Crippen molar-refractivity contribution in [2.75, 3.05) is 12.4 Å². The average Bonchev–Trinajstić information content (AvgIpc) is 3.01. The highest BCUT2D eigenvalue weighted by molar-refractivity contribution is 6.03. The first-order chi connectivity index (χ1) is 10.1. The molecule has 0 radical (unpaired) electrons. The van der Waals surface area contributed by atoms with Crippen molar-refractivity contribution in [2.45, 2.75) is 6.92 Å². The first-order valence-corrected chi connectivity index (χ1v) is 6.17. The van der Waals surface area contributed by atoms with E-state index in [1.807, 2.05) is 0 Å². The van der Waals surface area contributed by atoms with Gasteiger partial charge in [-0.2, -0.15) is 10.1 Å². The van der Waals surface area contributed by atoms with Gasteiger partial charge in [-0.3, -0.25) is 4.79 Å². The fourth-order valence-corrected chi connectivity index (χ4v) is 1.93. The summed E-state index contributed by atoms with van der Waals surface area (Å²) in [5.41, 5.74) is 1.10. The summed E-state index contributed by atoms with van der Waals surface area (Å²) in [4.78, 5) is 20.4. The molecule has 0 spiro atoms. The van der Waals surface area contributed by atoms with Crippen LogP contribution in [-0.2, 0) is 7.05 Å². The molecule has 108 valence electrons. The van der Waals surface area contributed by atoms with E-state index in [1.54, 1.807) is 36.8 Å². The number of nitrogens with one attached hydrogen (secondary N) is 1. The molecule has 3 aromatic rings. The number of ether oxygens (including phenoxy) is 1. The van der Waals surface area contributed by atoms with Crippen LogP contribution in [0, 0.1) is 6.92 Å². The Morgan fingerprint density at radius 1 is 1.33 bits per heavy atom. The van der Waals surface area contributed by atoms with Crippen LogP contribution in [0.5, 0.6) is 6.01 Å². The zero-order chi connectivity index (χ0) is 15.0. The SMILES string of the molecule is COc1nc(C(=O)Nc2cccn3nc(C)nc23)nn1C. The standard InChI is InChI=1S/C12H13N7O2/c1-7-13-10-8(5-4-6-19(10)16-7)14-11(20)9-15-12(21-3)18(2)17-9/h4-6H,1-3H3,(H,14,20). The lowest BCUT2D eigenvalue weighted by Gasteiger charge is -2.03. The number of fused-ring (bicyclic) bond motifs is 1. The molecule has 1 N–H and O–H groups in total. The van der Waals surface area contributed by atoms with E-state index in [0.717, 1.165) is 0 Å². The van der Waals surface area contributed by atoms with E-state index in [0.29, 0.717) is 17.2 Å². The first-order valence-electron chi connectivity index (χ1n) is 6.17. The lowest BCUT2D eigenvalue weighted by Crippen LogP contribution is -2.15. The summed E-state index contributed by atoms with van der Waals surface area (Å²) in [7, 11) is 3.11. The zero-order valence-corrected chi connectivity index (χ0v) is 11.7. The van der Waals surface area contributed by atoms with Crippen LogP contribution in [0.2, 0.25) is 0 Å². The normalized spacial score (nSPS) is 10.8. The molecule has 0 fully saturated rings. The van der Waals surface area contributed by atoms with E-state index in [4.69, 9.17) is 4.74 Å². The molecule has 0 aromatic carbocycles. The number of amides is 1. The van der Waals surface area contributed by atoms with Crippen molar-refractivity contribution in [1.82, 2.24) is 29.4 Å². The van der Waals surface area contributed by atoms with Crippen LogP contribution in [0.15, 0.2) is 18.3 Å². The van der Waals surface area contributed by atoms with Crippen molar-refractivity contribution in [2.24, 2.45) is 7.05 Å². The Kier molecular flexibility index (Phi) is 3.01. The Balaban J connectivity index is 1.92. The number of nitrogens with zero attached hydrogens (tertiary/aromatic N) is 6. The van der Waals surface area contributed by atoms with Crippen LogP contribution in [0.3, 0.4) is 0 Å². The molecular formula is C12H13N7O2. The van der Waals surface area contributed by atoms with Crippen molar-refractivity contribution >= 4 is 17.2 Å². The predicted molar refractivity (Wildman–Crippen MR) is 73.2 cm³/mol.